The number of aliphatic imine (C=N–C) groups is 1. The normalized spacial score (nSPS) is 11.2. The van der Waals surface area contributed by atoms with Crippen molar-refractivity contribution < 1.29 is 4.74 Å². The van der Waals surface area contributed by atoms with Gasteiger partial charge in [-0.1, -0.05) is 12.1 Å². The van der Waals surface area contributed by atoms with Crippen molar-refractivity contribution in [3.05, 3.63) is 59.4 Å². The number of aromatic amines is 1. The number of hydrogen-bond donors (Lipinski definition) is 3. The van der Waals surface area contributed by atoms with Gasteiger partial charge in [0, 0.05) is 42.5 Å². The summed E-state index contributed by atoms with van der Waals surface area (Å²) < 4.78 is 5.46. The molecule has 0 amide bonds. The lowest BCUT2D eigenvalue weighted by molar-refractivity contribution is 0.326. The van der Waals surface area contributed by atoms with Crippen LogP contribution in [0.3, 0.4) is 0 Å². The number of rotatable bonds is 8. The second-order valence-electron chi connectivity index (χ2n) is 6.67. The summed E-state index contributed by atoms with van der Waals surface area (Å²) in [5, 5.41) is 8.01. The highest BCUT2D eigenvalue weighted by Gasteiger charge is 2.05. The summed E-state index contributed by atoms with van der Waals surface area (Å²) in [5.41, 5.74) is 4.85. The molecule has 0 saturated heterocycles. The van der Waals surface area contributed by atoms with E-state index in [9.17, 15) is 0 Å². The van der Waals surface area contributed by atoms with E-state index >= 15 is 0 Å². The molecule has 6 nitrogen and oxygen atoms in total. The first-order chi connectivity index (χ1) is 13.7. The SMILES string of the molecule is CCNC(=NCc1ccnc(OCC)c1)NCCc1c[nH]c2cc(C)ccc12.I. The predicted octanol–water partition coefficient (Wildman–Crippen LogP) is 4.19. The Morgan fingerprint density at radius 1 is 1.17 bits per heavy atom. The van der Waals surface area contributed by atoms with E-state index in [4.69, 9.17) is 4.74 Å². The number of hydrogen-bond acceptors (Lipinski definition) is 3. The maximum Gasteiger partial charge on any atom is 0.213 e. The van der Waals surface area contributed by atoms with E-state index in [2.05, 4.69) is 63.8 Å². The van der Waals surface area contributed by atoms with Crippen molar-refractivity contribution in [2.45, 2.75) is 33.7 Å². The van der Waals surface area contributed by atoms with Gasteiger partial charge in [0.15, 0.2) is 5.96 Å². The lowest BCUT2D eigenvalue weighted by Gasteiger charge is -2.11. The predicted molar refractivity (Wildman–Crippen MR) is 130 cm³/mol. The Morgan fingerprint density at radius 3 is 2.83 bits per heavy atom. The molecule has 3 aromatic rings. The van der Waals surface area contributed by atoms with Crippen LogP contribution in [0, 0.1) is 6.92 Å². The van der Waals surface area contributed by atoms with E-state index in [0.717, 1.165) is 31.0 Å². The lowest BCUT2D eigenvalue weighted by atomic mass is 10.1. The Balaban J connectivity index is 0.00000300. The summed E-state index contributed by atoms with van der Waals surface area (Å²) in [7, 11) is 0. The average molecular weight is 507 g/mol. The van der Waals surface area contributed by atoms with Gasteiger partial charge in [-0.3, -0.25) is 0 Å². The third-order valence-electron chi connectivity index (χ3n) is 4.47. The fraction of sp³-hybridized carbons (Fsp3) is 0.364. The van der Waals surface area contributed by atoms with Crippen LogP contribution in [0.5, 0.6) is 5.88 Å². The summed E-state index contributed by atoms with van der Waals surface area (Å²) in [6.07, 6.45) is 4.79. The molecule has 29 heavy (non-hydrogen) atoms. The molecule has 7 heteroatoms. The molecule has 0 atom stereocenters. The van der Waals surface area contributed by atoms with Gasteiger partial charge in [-0.15, -0.1) is 24.0 Å². The minimum Gasteiger partial charge on any atom is -0.478 e. The van der Waals surface area contributed by atoms with Gasteiger partial charge in [0.25, 0.3) is 0 Å². The van der Waals surface area contributed by atoms with E-state index in [1.165, 1.54) is 22.0 Å². The third kappa shape index (κ3) is 6.62. The molecule has 2 aromatic heterocycles. The molecule has 1 aromatic carbocycles. The Morgan fingerprint density at radius 2 is 2.03 bits per heavy atom. The van der Waals surface area contributed by atoms with Crippen LogP contribution in [0.2, 0.25) is 0 Å². The van der Waals surface area contributed by atoms with Gasteiger partial charge in [0.1, 0.15) is 0 Å². The van der Waals surface area contributed by atoms with Crippen LogP contribution in [0.25, 0.3) is 10.9 Å². The molecular formula is C22H30IN5O. The van der Waals surface area contributed by atoms with E-state index < -0.39 is 0 Å². The molecule has 0 aliphatic rings. The van der Waals surface area contributed by atoms with Crippen molar-refractivity contribution in [3.63, 3.8) is 0 Å². The highest BCUT2D eigenvalue weighted by molar-refractivity contribution is 14.0. The summed E-state index contributed by atoms with van der Waals surface area (Å²) in [6, 6.07) is 10.4. The molecule has 0 radical (unpaired) electrons. The van der Waals surface area contributed by atoms with E-state index in [1.807, 2.05) is 19.1 Å². The molecule has 3 rings (SSSR count). The molecule has 156 valence electrons. The second kappa shape index (κ2) is 11.6. The van der Waals surface area contributed by atoms with Gasteiger partial charge in [-0.25, -0.2) is 9.98 Å². The molecule has 0 unspecified atom stereocenters. The topological polar surface area (TPSA) is 74.3 Å². The van der Waals surface area contributed by atoms with Crippen LogP contribution in [0.1, 0.15) is 30.5 Å². The zero-order valence-corrected chi connectivity index (χ0v) is 19.6. The van der Waals surface area contributed by atoms with Gasteiger partial charge < -0.3 is 20.4 Å². The summed E-state index contributed by atoms with van der Waals surface area (Å²) in [6.45, 7) is 8.95. The number of H-pyrrole nitrogens is 1. The minimum atomic E-state index is 0. The van der Waals surface area contributed by atoms with Crippen LogP contribution in [-0.2, 0) is 13.0 Å². The van der Waals surface area contributed by atoms with Crippen molar-refractivity contribution in [2.24, 2.45) is 4.99 Å². The van der Waals surface area contributed by atoms with Gasteiger partial charge >= 0.3 is 0 Å². The van der Waals surface area contributed by atoms with Crippen molar-refractivity contribution in [1.29, 1.82) is 0 Å². The quantitative estimate of drug-likeness (QED) is 0.243. The molecule has 0 spiro atoms. The molecule has 3 N–H and O–H groups in total. The van der Waals surface area contributed by atoms with Gasteiger partial charge in [0.2, 0.25) is 5.88 Å². The van der Waals surface area contributed by atoms with E-state index in [-0.39, 0.29) is 24.0 Å². The van der Waals surface area contributed by atoms with Crippen molar-refractivity contribution in [1.82, 2.24) is 20.6 Å². The number of guanidine groups is 1. The lowest BCUT2D eigenvalue weighted by Crippen LogP contribution is -2.38. The number of aromatic nitrogens is 2. The first-order valence-corrected chi connectivity index (χ1v) is 9.86. The number of aryl methyl sites for hydroxylation is 1. The maximum absolute atomic E-state index is 5.46. The third-order valence-corrected chi connectivity index (χ3v) is 4.47. The number of pyridine rings is 1. The number of benzene rings is 1. The van der Waals surface area contributed by atoms with Gasteiger partial charge in [0.05, 0.1) is 13.2 Å². The van der Waals surface area contributed by atoms with Crippen LogP contribution in [-0.4, -0.2) is 35.6 Å². The fourth-order valence-electron chi connectivity index (χ4n) is 3.11. The van der Waals surface area contributed by atoms with Crippen molar-refractivity contribution in [3.8, 4) is 5.88 Å². The minimum absolute atomic E-state index is 0. The first-order valence-electron chi connectivity index (χ1n) is 9.86. The highest BCUT2D eigenvalue weighted by Crippen LogP contribution is 2.19. The zero-order chi connectivity index (χ0) is 19.8. The van der Waals surface area contributed by atoms with E-state index in [0.29, 0.717) is 19.0 Å². The average Bonchev–Trinajstić information content (AvgIpc) is 3.09. The Kier molecular flexibility index (Phi) is 9.24. The van der Waals surface area contributed by atoms with Crippen molar-refractivity contribution >= 4 is 40.8 Å². The Labute approximate surface area is 189 Å². The monoisotopic (exact) mass is 507 g/mol. The van der Waals surface area contributed by atoms with Crippen molar-refractivity contribution in [2.75, 3.05) is 19.7 Å². The fourth-order valence-corrected chi connectivity index (χ4v) is 3.11. The number of fused-ring (bicyclic) bond motifs is 1. The van der Waals surface area contributed by atoms with Crippen LogP contribution >= 0.6 is 24.0 Å². The number of ether oxygens (including phenoxy) is 1. The van der Waals surface area contributed by atoms with Crippen LogP contribution in [0.15, 0.2) is 47.7 Å². The van der Waals surface area contributed by atoms with Crippen LogP contribution < -0.4 is 15.4 Å². The smallest absolute Gasteiger partial charge is 0.213 e. The molecule has 0 saturated carbocycles. The molecule has 0 aliphatic carbocycles. The second-order valence-corrected chi connectivity index (χ2v) is 6.67. The molecule has 0 bridgehead atoms. The summed E-state index contributed by atoms with van der Waals surface area (Å²) >= 11 is 0. The van der Waals surface area contributed by atoms with E-state index in [1.54, 1.807) is 6.20 Å². The molecular weight excluding hydrogens is 477 g/mol. The van der Waals surface area contributed by atoms with Crippen LogP contribution in [0.4, 0.5) is 0 Å². The standard InChI is InChI=1S/C22H29N5O.HI/c1-4-23-22(27-14-17-8-10-24-21(13-17)28-5-2)25-11-9-18-15-26-20-12-16(3)6-7-19(18)20;/h6-8,10,12-13,15,26H,4-5,9,11,14H2,1-3H3,(H2,23,25,27);1H. The first kappa shape index (κ1) is 23.0. The molecule has 2 heterocycles. The number of nitrogens with zero attached hydrogens (tertiary/aromatic N) is 2. The Bertz CT molecular complexity index is 938. The summed E-state index contributed by atoms with van der Waals surface area (Å²) in [5.74, 6) is 1.45. The van der Waals surface area contributed by atoms with Gasteiger partial charge in [-0.05, 0) is 56.0 Å². The number of halogens is 1. The Hall–Kier alpha value is -2.29. The molecule has 0 aliphatic heterocycles. The largest absolute Gasteiger partial charge is 0.478 e. The molecule has 0 fully saturated rings. The maximum atomic E-state index is 5.46. The zero-order valence-electron chi connectivity index (χ0n) is 17.3. The van der Waals surface area contributed by atoms with Gasteiger partial charge in [-0.2, -0.15) is 0 Å². The highest BCUT2D eigenvalue weighted by atomic mass is 127. The number of nitrogens with one attached hydrogen (secondary N) is 3. The summed E-state index contributed by atoms with van der Waals surface area (Å²) in [4.78, 5) is 12.2.